The second-order valence-electron chi connectivity index (χ2n) is 6.92. The summed E-state index contributed by atoms with van der Waals surface area (Å²) in [4.78, 5) is 27.6. The number of nitrogens with one attached hydrogen (secondary N) is 2. The predicted octanol–water partition coefficient (Wildman–Crippen LogP) is 2.62. The third-order valence-corrected chi connectivity index (χ3v) is 5.25. The van der Waals surface area contributed by atoms with Gasteiger partial charge < -0.3 is 10.3 Å². The Morgan fingerprint density at radius 1 is 1.26 bits per heavy atom. The maximum atomic E-state index is 12.2. The van der Waals surface area contributed by atoms with E-state index in [0.717, 1.165) is 53.4 Å². The van der Waals surface area contributed by atoms with Crippen LogP contribution in [0.2, 0.25) is 5.02 Å². The van der Waals surface area contributed by atoms with Gasteiger partial charge in [-0.1, -0.05) is 11.6 Å². The fourth-order valence-corrected chi connectivity index (χ4v) is 3.77. The van der Waals surface area contributed by atoms with E-state index in [-0.39, 0.29) is 18.0 Å². The lowest BCUT2D eigenvalue weighted by Gasteiger charge is -2.15. The highest BCUT2D eigenvalue weighted by atomic mass is 35.5. The van der Waals surface area contributed by atoms with Crippen LogP contribution in [-0.2, 0) is 30.6 Å². The van der Waals surface area contributed by atoms with Crippen molar-refractivity contribution in [3.8, 4) is 0 Å². The van der Waals surface area contributed by atoms with E-state index in [1.165, 1.54) is 4.68 Å². The first-order valence-corrected chi connectivity index (χ1v) is 9.60. The Morgan fingerprint density at radius 3 is 3.00 bits per heavy atom. The number of rotatable bonds is 5. The lowest BCUT2D eigenvalue weighted by Crippen LogP contribution is -2.35. The van der Waals surface area contributed by atoms with E-state index in [1.807, 2.05) is 24.4 Å². The van der Waals surface area contributed by atoms with Gasteiger partial charge in [-0.05, 0) is 61.4 Å². The number of hydrogen-bond donors (Lipinski definition) is 2. The highest BCUT2D eigenvalue weighted by Gasteiger charge is 2.14. The molecule has 0 spiro atoms. The minimum absolute atomic E-state index is 0.0498. The number of benzene rings is 1. The second-order valence-corrected chi connectivity index (χ2v) is 7.36. The number of nitrogens with zero attached hydrogens (tertiary/aromatic N) is 2. The average Bonchev–Trinajstić information content (AvgIpc) is 3.04. The average molecular weight is 385 g/mol. The van der Waals surface area contributed by atoms with E-state index < -0.39 is 0 Å². The summed E-state index contributed by atoms with van der Waals surface area (Å²) in [5.41, 5.74) is 3.88. The molecule has 2 aromatic heterocycles. The van der Waals surface area contributed by atoms with Crippen molar-refractivity contribution in [2.24, 2.45) is 0 Å². The van der Waals surface area contributed by atoms with E-state index in [9.17, 15) is 9.59 Å². The molecular weight excluding hydrogens is 364 g/mol. The zero-order chi connectivity index (χ0) is 18.8. The van der Waals surface area contributed by atoms with Gasteiger partial charge in [0.1, 0.15) is 6.54 Å². The molecule has 2 N–H and O–H groups in total. The van der Waals surface area contributed by atoms with E-state index >= 15 is 0 Å². The molecular formula is C20H21ClN4O2. The predicted molar refractivity (Wildman–Crippen MR) is 105 cm³/mol. The Kier molecular flexibility index (Phi) is 4.99. The van der Waals surface area contributed by atoms with Gasteiger partial charge in [-0.15, -0.1) is 0 Å². The molecule has 1 aliphatic carbocycles. The smallest absolute Gasteiger partial charge is 0.267 e. The number of halogens is 1. The van der Waals surface area contributed by atoms with Gasteiger partial charge in [0, 0.05) is 34.7 Å². The number of carbonyl (C=O) groups is 1. The molecule has 6 nitrogen and oxygen atoms in total. The molecule has 7 heteroatoms. The van der Waals surface area contributed by atoms with Crippen molar-refractivity contribution >= 4 is 28.4 Å². The number of hydrogen-bond acceptors (Lipinski definition) is 3. The molecule has 0 fully saturated rings. The second kappa shape index (κ2) is 7.56. The number of amides is 1. The Labute approximate surface area is 161 Å². The lowest BCUT2D eigenvalue weighted by atomic mass is 9.97. The van der Waals surface area contributed by atoms with E-state index in [2.05, 4.69) is 15.4 Å². The summed E-state index contributed by atoms with van der Waals surface area (Å²) >= 11 is 6.06. The van der Waals surface area contributed by atoms with Crippen molar-refractivity contribution in [3.05, 3.63) is 62.7 Å². The topological polar surface area (TPSA) is 79.8 Å². The summed E-state index contributed by atoms with van der Waals surface area (Å²) in [7, 11) is 0. The fraction of sp³-hybridized carbons (Fsp3) is 0.350. The largest absolute Gasteiger partial charge is 0.361 e. The van der Waals surface area contributed by atoms with Crippen molar-refractivity contribution in [2.75, 3.05) is 6.54 Å². The fourth-order valence-electron chi connectivity index (χ4n) is 3.60. The first-order chi connectivity index (χ1) is 13.1. The third-order valence-electron chi connectivity index (χ3n) is 5.01. The summed E-state index contributed by atoms with van der Waals surface area (Å²) < 4.78 is 1.27. The van der Waals surface area contributed by atoms with Crippen molar-refractivity contribution < 1.29 is 4.79 Å². The number of aromatic amines is 1. The number of aromatic nitrogens is 3. The molecule has 0 bridgehead atoms. The maximum Gasteiger partial charge on any atom is 0.267 e. The standard InChI is InChI=1S/C20H21ClN4O2/c21-15-5-6-18-16(10-15)14(11-23-18)7-8-22-19(26)12-25-20(27)9-13-3-1-2-4-17(13)24-25/h5-6,9-11,23H,1-4,7-8,12H2,(H,22,26). The quantitative estimate of drug-likeness (QED) is 0.709. The molecule has 27 heavy (non-hydrogen) atoms. The first kappa shape index (κ1) is 17.8. The van der Waals surface area contributed by atoms with Crippen LogP contribution >= 0.6 is 11.6 Å². The Bertz CT molecular complexity index is 1050. The Morgan fingerprint density at radius 2 is 2.11 bits per heavy atom. The lowest BCUT2D eigenvalue weighted by molar-refractivity contribution is -0.121. The van der Waals surface area contributed by atoms with Crippen LogP contribution in [0.4, 0.5) is 0 Å². The number of carbonyl (C=O) groups excluding carboxylic acids is 1. The first-order valence-electron chi connectivity index (χ1n) is 9.22. The van der Waals surface area contributed by atoms with Crippen LogP contribution in [0, 0.1) is 0 Å². The molecule has 4 rings (SSSR count). The van der Waals surface area contributed by atoms with Gasteiger partial charge in [-0.2, -0.15) is 5.10 Å². The molecule has 0 saturated heterocycles. The molecule has 3 aromatic rings. The van der Waals surface area contributed by atoms with Gasteiger partial charge in [0.15, 0.2) is 0 Å². The van der Waals surface area contributed by atoms with Gasteiger partial charge in [-0.3, -0.25) is 9.59 Å². The molecule has 1 aliphatic rings. The van der Waals surface area contributed by atoms with Gasteiger partial charge in [0.2, 0.25) is 5.91 Å². The normalized spacial score (nSPS) is 13.5. The molecule has 0 aliphatic heterocycles. The summed E-state index contributed by atoms with van der Waals surface area (Å²) in [6.07, 6.45) is 6.57. The molecule has 140 valence electrons. The summed E-state index contributed by atoms with van der Waals surface area (Å²) in [6, 6.07) is 7.33. The van der Waals surface area contributed by atoms with Crippen LogP contribution in [0.25, 0.3) is 10.9 Å². The SMILES string of the molecule is O=C(Cn1nc2c(cc1=O)CCCC2)NCCc1c[nH]c2ccc(Cl)cc12. The summed E-state index contributed by atoms with van der Waals surface area (Å²) in [5.74, 6) is -0.210. The molecule has 2 heterocycles. The third kappa shape index (κ3) is 3.90. The molecule has 0 saturated carbocycles. The van der Waals surface area contributed by atoms with Gasteiger partial charge in [0.05, 0.1) is 5.69 Å². The van der Waals surface area contributed by atoms with Crippen molar-refractivity contribution in [3.63, 3.8) is 0 Å². The van der Waals surface area contributed by atoms with Crippen LogP contribution in [-0.4, -0.2) is 27.2 Å². The van der Waals surface area contributed by atoms with Crippen molar-refractivity contribution in [1.82, 2.24) is 20.1 Å². The molecule has 1 aromatic carbocycles. The minimum atomic E-state index is -0.211. The van der Waals surface area contributed by atoms with Gasteiger partial charge in [0.25, 0.3) is 5.56 Å². The minimum Gasteiger partial charge on any atom is -0.361 e. The van der Waals surface area contributed by atoms with Crippen LogP contribution in [0.15, 0.2) is 35.3 Å². The zero-order valence-corrected chi connectivity index (χ0v) is 15.7. The van der Waals surface area contributed by atoms with Crippen LogP contribution in [0.1, 0.15) is 29.7 Å². The van der Waals surface area contributed by atoms with Crippen LogP contribution < -0.4 is 10.9 Å². The van der Waals surface area contributed by atoms with Crippen molar-refractivity contribution in [1.29, 1.82) is 0 Å². The summed E-state index contributed by atoms with van der Waals surface area (Å²) in [6.45, 7) is 0.434. The van der Waals surface area contributed by atoms with Crippen molar-refractivity contribution in [2.45, 2.75) is 38.6 Å². The van der Waals surface area contributed by atoms with Crippen LogP contribution in [0.5, 0.6) is 0 Å². The highest BCUT2D eigenvalue weighted by Crippen LogP contribution is 2.22. The van der Waals surface area contributed by atoms with Gasteiger partial charge in [-0.25, -0.2) is 4.68 Å². The zero-order valence-electron chi connectivity index (χ0n) is 14.9. The number of fused-ring (bicyclic) bond motifs is 2. The highest BCUT2D eigenvalue weighted by molar-refractivity contribution is 6.31. The summed E-state index contributed by atoms with van der Waals surface area (Å²) in [5, 5.41) is 9.00. The molecule has 1 amide bonds. The number of aryl methyl sites for hydroxylation is 2. The maximum absolute atomic E-state index is 12.2. The molecule has 0 unspecified atom stereocenters. The Balaban J connectivity index is 1.37. The van der Waals surface area contributed by atoms with E-state index in [1.54, 1.807) is 6.07 Å². The van der Waals surface area contributed by atoms with E-state index in [0.29, 0.717) is 18.0 Å². The van der Waals surface area contributed by atoms with E-state index in [4.69, 9.17) is 11.6 Å². The monoisotopic (exact) mass is 384 g/mol. The van der Waals surface area contributed by atoms with Gasteiger partial charge >= 0.3 is 0 Å². The molecule has 0 radical (unpaired) electrons. The Hall–Kier alpha value is -2.60. The molecule has 0 atom stereocenters. The number of H-pyrrole nitrogens is 1. The van der Waals surface area contributed by atoms with Crippen LogP contribution in [0.3, 0.4) is 0 Å².